The normalized spacial score (nSPS) is 23.9. The van der Waals surface area contributed by atoms with E-state index in [1.54, 1.807) is 7.11 Å². The van der Waals surface area contributed by atoms with Crippen LogP contribution in [0.5, 0.6) is 5.75 Å². The fraction of sp³-hybridized carbons (Fsp3) is 0.600. The SMILES string of the molecule is COc1c(Br)cc(C)c(C)c1C1CC(CN)CN1C. The molecule has 19 heavy (non-hydrogen) atoms. The van der Waals surface area contributed by atoms with Gasteiger partial charge in [-0.2, -0.15) is 0 Å². The standard InChI is InChI=1S/C15H23BrN2O/c1-9-5-12(16)15(19-4)14(10(9)2)13-6-11(7-17)8-18(13)3/h5,11,13H,6-8,17H2,1-4H3. The van der Waals surface area contributed by atoms with Crippen LogP contribution in [0.3, 0.4) is 0 Å². The number of halogens is 1. The lowest BCUT2D eigenvalue weighted by atomic mass is 9.93. The van der Waals surface area contributed by atoms with E-state index < -0.39 is 0 Å². The van der Waals surface area contributed by atoms with Crippen molar-refractivity contribution in [2.24, 2.45) is 11.7 Å². The fourth-order valence-electron chi connectivity index (χ4n) is 3.10. The first-order valence-corrected chi connectivity index (χ1v) is 7.52. The largest absolute Gasteiger partial charge is 0.495 e. The van der Waals surface area contributed by atoms with E-state index in [1.165, 1.54) is 16.7 Å². The van der Waals surface area contributed by atoms with Crippen molar-refractivity contribution in [1.82, 2.24) is 4.90 Å². The number of nitrogens with zero attached hydrogens (tertiary/aromatic N) is 1. The molecule has 1 saturated heterocycles. The fourth-order valence-corrected chi connectivity index (χ4v) is 3.82. The Morgan fingerprint density at radius 1 is 1.47 bits per heavy atom. The van der Waals surface area contributed by atoms with Crippen molar-refractivity contribution < 1.29 is 4.74 Å². The lowest BCUT2D eigenvalue weighted by Gasteiger charge is -2.25. The van der Waals surface area contributed by atoms with Crippen molar-refractivity contribution in [2.75, 3.05) is 27.2 Å². The molecule has 1 aliphatic rings. The van der Waals surface area contributed by atoms with E-state index in [0.717, 1.165) is 29.7 Å². The molecule has 0 saturated carbocycles. The highest BCUT2D eigenvalue weighted by Crippen LogP contribution is 2.44. The molecule has 1 fully saturated rings. The number of methoxy groups -OCH3 is 1. The number of likely N-dealkylation sites (tertiary alicyclic amines) is 1. The zero-order chi connectivity index (χ0) is 14.2. The first kappa shape index (κ1) is 14.8. The van der Waals surface area contributed by atoms with Gasteiger partial charge in [0.15, 0.2) is 0 Å². The Balaban J connectivity index is 2.49. The summed E-state index contributed by atoms with van der Waals surface area (Å²) in [7, 11) is 3.92. The predicted octanol–water partition coefficient (Wildman–Crippen LogP) is 3.03. The van der Waals surface area contributed by atoms with Gasteiger partial charge in [-0.05, 0) is 72.9 Å². The number of benzene rings is 1. The van der Waals surface area contributed by atoms with E-state index in [2.05, 4.69) is 47.8 Å². The Morgan fingerprint density at radius 2 is 2.16 bits per heavy atom. The third-order valence-electron chi connectivity index (χ3n) is 4.31. The molecule has 1 aromatic carbocycles. The molecule has 0 amide bonds. The third-order valence-corrected chi connectivity index (χ3v) is 4.89. The van der Waals surface area contributed by atoms with Gasteiger partial charge in [-0.15, -0.1) is 0 Å². The minimum absolute atomic E-state index is 0.402. The van der Waals surface area contributed by atoms with Gasteiger partial charge < -0.3 is 10.5 Å². The first-order chi connectivity index (χ1) is 8.99. The summed E-state index contributed by atoms with van der Waals surface area (Å²) in [5, 5.41) is 0. The Labute approximate surface area is 124 Å². The van der Waals surface area contributed by atoms with Crippen LogP contribution in [0.4, 0.5) is 0 Å². The smallest absolute Gasteiger partial charge is 0.138 e. The van der Waals surface area contributed by atoms with Crippen molar-refractivity contribution in [3.05, 3.63) is 27.2 Å². The van der Waals surface area contributed by atoms with Gasteiger partial charge in [0.2, 0.25) is 0 Å². The second kappa shape index (κ2) is 5.81. The van der Waals surface area contributed by atoms with Crippen molar-refractivity contribution in [1.29, 1.82) is 0 Å². The van der Waals surface area contributed by atoms with Crippen molar-refractivity contribution in [2.45, 2.75) is 26.3 Å². The number of ether oxygens (including phenoxy) is 1. The van der Waals surface area contributed by atoms with Crippen LogP contribution in [0.15, 0.2) is 10.5 Å². The zero-order valence-electron chi connectivity index (χ0n) is 12.2. The third kappa shape index (κ3) is 2.67. The molecule has 0 bridgehead atoms. The van der Waals surface area contributed by atoms with Crippen molar-refractivity contribution in [3.63, 3.8) is 0 Å². The molecule has 2 unspecified atom stereocenters. The second-order valence-corrected chi connectivity index (χ2v) is 6.39. The molecular weight excluding hydrogens is 304 g/mol. The topological polar surface area (TPSA) is 38.5 Å². The Hall–Kier alpha value is -0.580. The quantitative estimate of drug-likeness (QED) is 0.927. The molecule has 4 heteroatoms. The summed E-state index contributed by atoms with van der Waals surface area (Å²) in [6.45, 7) is 6.16. The minimum atomic E-state index is 0.402. The monoisotopic (exact) mass is 326 g/mol. The maximum Gasteiger partial charge on any atom is 0.138 e. The zero-order valence-corrected chi connectivity index (χ0v) is 13.8. The molecule has 2 rings (SSSR count). The molecule has 3 nitrogen and oxygen atoms in total. The molecule has 0 radical (unpaired) electrons. The van der Waals surface area contributed by atoms with Crippen LogP contribution in [0.2, 0.25) is 0 Å². The number of nitrogens with two attached hydrogens (primary N) is 1. The van der Waals surface area contributed by atoms with Crippen LogP contribution in [0.1, 0.15) is 29.2 Å². The van der Waals surface area contributed by atoms with Gasteiger partial charge in [-0.1, -0.05) is 0 Å². The lowest BCUT2D eigenvalue weighted by molar-refractivity contribution is 0.301. The van der Waals surface area contributed by atoms with Crippen molar-refractivity contribution >= 4 is 15.9 Å². The van der Waals surface area contributed by atoms with E-state index in [-0.39, 0.29) is 0 Å². The van der Waals surface area contributed by atoms with E-state index in [4.69, 9.17) is 10.5 Å². The summed E-state index contributed by atoms with van der Waals surface area (Å²) in [4.78, 5) is 2.40. The highest BCUT2D eigenvalue weighted by Gasteiger charge is 2.33. The van der Waals surface area contributed by atoms with Crippen LogP contribution in [-0.2, 0) is 0 Å². The number of hydrogen-bond acceptors (Lipinski definition) is 3. The minimum Gasteiger partial charge on any atom is -0.495 e. The van der Waals surface area contributed by atoms with Crippen LogP contribution in [-0.4, -0.2) is 32.1 Å². The van der Waals surface area contributed by atoms with Gasteiger partial charge in [0.25, 0.3) is 0 Å². The van der Waals surface area contributed by atoms with E-state index >= 15 is 0 Å². The molecule has 1 aromatic rings. The van der Waals surface area contributed by atoms with Gasteiger partial charge in [-0.25, -0.2) is 0 Å². The highest BCUT2D eigenvalue weighted by molar-refractivity contribution is 9.10. The average molecular weight is 327 g/mol. The van der Waals surface area contributed by atoms with E-state index in [9.17, 15) is 0 Å². The molecule has 2 atom stereocenters. The number of aryl methyl sites for hydroxylation is 1. The van der Waals surface area contributed by atoms with Gasteiger partial charge in [0.1, 0.15) is 5.75 Å². The molecule has 1 aliphatic heterocycles. The van der Waals surface area contributed by atoms with Gasteiger partial charge in [-0.3, -0.25) is 4.90 Å². The summed E-state index contributed by atoms with van der Waals surface area (Å²) < 4.78 is 6.68. The maximum atomic E-state index is 5.84. The number of rotatable bonds is 3. The van der Waals surface area contributed by atoms with Crippen molar-refractivity contribution in [3.8, 4) is 5.75 Å². The summed E-state index contributed by atoms with van der Waals surface area (Å²) in [6.07, 6.45) is 1.11. The lowest BCUT2D eigenvalue weighted by Crippen LogP contribution is -2.21. The van der Waals surface area contributed by atoms with Crippen LogP contribution in [0.25, 0.3) is 0 Å². The average Bonchev–Trinajstić information content (AvgIpc) is 2.74. The Kier molecular flexibility index (Phi) is 4.54. The summed E-state index contributed by atoms with van der Waals surface area (Å²) in [5.41, 5.74) is 9.78. The van der Waals surface area contributed by atoms with Gasteiger partial charge in [0.05, 0.1) is 11.6 Å². The van der Waals surface area contributed by atoms with Crippen LogP contribution in [0, 0.1) is 19.8 Å². The highest BCUT2D eigenvalue weighted by atomic mass is 79.9. The summed E-state index contributed by atoms with van der Waals surface area (Å²) in [6, 6.07) is 2.53. The summed E-state index contributed by atoms with van der Waals surface area (Å²) in [5.74, 6) is 1.55. The molecule has 0 aromatic heterocycles. The van der Waals surface area contributed by atoms with Crippen LogP contribution < -0.4 is 10.5 Å². The molecule has 0 aliphatic carbocycles. The maximum absolute atomic E-state index is 5.84. The Bertz CT molecular complexity index is 476. The van der Waals surface area contributed by atoms with E-state index in [0.29, 0.717) is 12.0 Å². The molecule has 106 valence electrons. The van der Waals surface area contributed by atoms with E-state index in [1.807, 2.05) is 0 Å². The summed E-state index contributed by atoms with van der Waals surface area (Å²) >= 11 is 3.62. The molecule has 1 heterocycles. The molecular formula is C15H23BrN2O. The number of hydrogen-bond donors (Lipinski definition) is 1. The first-order valence-electron chi connectivity index (χ1n) is 6.73. The van der Waals surface area contributed by atoms with Gasteiger partial charge >= 0.3 is 0 Å². The Morgan fingerprint density at radius 3 is 2.68 bits per heavy atom. The van der Waals surface area contributed by atoms with Gasteiger partial charge in [0, 0.05) is 18.2 Å². The molecule has 2 N–H and O–H groups in total. The second-order valence-electron chi connectivity index (χ2n) is 5.54. The predicted molar refractivity (Wildman–Crippen MR) is 82.7 cm³/mol. The molecule has 0 spiro atoms. The van der Waals surface area contributed by atoms with Crippen LogP contribution >= 0.6 is 15.9 Å².